The number of hydrogen-bond acceptors (Lipinski definition) is 4. The van der Waals surface area contributed by atoms with Crippen molar-refractivity contribution >= 4 is 17.6 Å². The Hall–Kier alpha value is -3.07. The zero-order chi connectivity index (χ0) is 22.1. The number of nitrogens with one attached hydrogen (secondary N) is 1. The average Bonchev–Trinajstić information content (AvgIpc) is 2.94. The molecule has 0 bridgehead atoms. The molecule has 0 aliphatic carbocycles. The van der Waals surface area contributed by atoms with E-state index in [9.17, 15) is 22.8 Å². The van der Waals surface area contributed by atoms with Crippen LogP contribution in [0.5, 0.6) is 0 Å². The van der Waals surface area contributed by atoms with Gasteiger partial charge in [-0.3, -0.25) is 9.69 Å². The van der Waals surface area contributed by atoms with Crippen LogP contribution in [0.15, 0.2) is 54.6 Å². The van der Waals surface area contributed by atoms with Crippen LogP contribution in [-0.2, 0) is 16.9 Å². The zero-order valence-electron chi connectivity index (χ0n) is 16.9. The standard InChI is InChI=1S/C21H23F3N4O2/c1-26(2)17-11-9-15(10-12-17)13-27(3)14-28-18(29)20(21(22,23)24,25-19(28)30)16-7-5-4-6-8-16/h4-12H,13-14H2,1-3H3,(H,25,30). The molecule has 6 nitrogen and oxygen atoms in total. The van der Waals surface area contributed by atoms with Crippen LogP contribution < -0.4 is 10.2 Å². The summed E-state index contributed by atoms with van der Waals surface area (Å²) in [5.41, 5.74) is -1.49. The molecule has 1 fully saturated rings. The molecule has 160 valence electrons. The number of amides is 3. The summed E-state index contributed by atoms with van der Waals surface area (Å²) in [5, 5.41) is 1.89. The quantitative estimate of drug-likeness (QED) is 0.730. The van der Waals surface area contributed by atoms with Gasteiger partial charge >= 0.3 is 12.2 Å². The van der Waals surface area contributed by atoms with Crippen molar-refractivity contribution in [2.24, 2.45) is 0 Å². The molecular formula is C21H23F3N4O2. The van der Waals surface area contributed by atoms with Gasteiger partial charge in [0, 0.05) is 26.3 Å². The SMILES string of the molecule is CN(Cc1ccc(N(C)C)cc1)CN1C(=O)NC(c2ccccc2)(C(F)(F)F)C1=O. The average molecular weight is 420 g/mol. The van der Waals surface area contributed by atoms with E-state index in [-0.39, 0.29) is 12.2 Å². The third-order valence-corrected chi connectivity index (χ3v) is 5.03. The van der Waals surface area contributed by atoms with Crippen LogP contribution in [0.2, 0.25) is 0 Å². The molecule has 3 amide bonds. The van der Waals surface area contributed by atoms with Crippen molar-refractivity contribution in [2.45, 2.75) is 18.3 Å². The molecule has 3 rings (SSSR count). The first-order valence-corrected chi connectivity index (χ1v) is 9.27. The highest BCUT2D eigenvalue weighted by Gasteiger charge is 2.68. The van der Waals surface area contributed by atoms with Gasteiger partial charge in [0.25, 0.3) is 5.91 Å². The van der Waals surface area contributed by atoms with Crippen LogP contribution in [-0.4, -0.2) is 55.7 Å². The van der Waals surface area contributed by atoms with Gasteiger partial charge in [-0.05, 0) is 30.3 Å². The lowest BCUT2D eigenvalue weighted by Gasteiger charge is -2.30. The maximum atomic E-state index is 14.0. The van der Waals surface area contributed by atoms with Crippen LogP contribution in [0.25, 0.3) is 0 Å². The van der Waals surface area contributed by atoms with Crippen LogP contribution in [0, 0.1) is 0 Å². The van der Waals surface area contributed by atoms with Crippen molar-refractivity contribution < 1.29 is 22.8 Å². The van der Waals surface area contributed by atoms with E-state index in [0.717, 1.165) is 11.3 Å². The van der Waals surface area contributed by atoms with Crippen LogP contribution >= 0.6 is 0 Å². The lowest BCUT2D eigenvalue weighted by molar-refractivity contribution is -0.198. The summed E-state index contributed by atoms with van der Waals surface area (Å²) in [5.74, 6) is -1.33. The van der Waals surface area contributed by atoms with E-state index in [1.807, 2.05) is 48.6 Å². The summed E-state index contributed by atoms with van der Waals surface area (Å²) in [4.78, 5) is 29.4. The molecule has 1 aliphatic rings. The van der Waals surface area contributed by atoms with Gasteiger partial charge in [-0.2, -0.15) is 13.2 Å². The fourth-order valence-electron chi connectivity index (χ4n) is 3.45. The lowest BCUT2D eigenvalue weighted by atomic mass is 9.89. The number of carbonyl (C=O) groups is 2. The number of rotatable bonds is 6. The van der Waals surface area contributed by atoms with Gasteiger partial charge in [0.1, 0.15) is 0 Å². The molecule has 0 radical (unpaired) electrons. The number of benzene rings is 2. The molecule has 1 atom stereocenters. The molecule has 0 saturated carbocycles. The van der Waals surface area contributed by atoms with E-state index >= 15 is 0 Å². The number of halogens is 3. The van der Waals surface area contributed by atoms with Gasteiger partial charge in [0.15, 0.2) is 0 Å². The van der Waals surface area contributed by atoms with Gasteiger partial charge in [-0.1, -0.05) is 42.5 Å². The summed E-state index contributed by atoms with van der Waals surface area (Å²) in [6.07, 6.45) is -4.99. The van der Waals surface area contributed by atoms with E-state index in [1.54, 1.807) is 18.0 Å². The Morgan fingerprint density at radius 1 is 0.967 bits per heavy atom. The normalized spacial score (nSPS) is 19.4. The Labute approximate surface area is 172 Å². The van der Waals surface area contributed by atoms with E-state index in [0.29, 0.717) is 11.4 Å². The summed E-state index contributed by atoms with van der Waals surface area (Å²) in [6.45, 7) is 0.0832. The predicted octanol–water partition coefficient (Wildman–Crippen LogP) is 3.15. The highest BCUT2D eigenvalue weighted by atomic mass is 19.4. The Bertz CT molecular complexity index is 916. The number of urea groups is 1. The first kappa shape index (κ1) is 21.6. The van der Waals surface area contributed by atoms with Gasteiger partial charge in [-0.25, -0.2) is 9.69 Å². The second-order valence-corrected chi connectivity index (χ2v) is 7.49. The third-order valence-electron chi connectivity index (χ3n) is 5.03. The van der Waals surface area contributed by atoms with Crippen molar-refractivity contribution in [2.75, 3.05) is 32.7 Å². The topological polar surface area (TPSA) is 55.9 Å². The lowest BCUT2D eigenvalue weighted by Crippen LogP contribution is -2.56. The fraction of sp³-hybridized carbons (Fsp3) is 0.333. The number of anilines is 1. The van der Waals surface area contributed by atoms with E-state index in [4.69, 9.17) is 0 Å². The molecule has 0 spiro atoms. The van der Waals surface area contributed by atoms with E-state index in [2.05, 4.69) is 0 Å². The van der Waals surface area contributed by atoms with Crippen molar-refractivity contribution in [3.05, 3.63) is 65.7 Å². The maximum Gasteiger partial charge on any atom is 0.425 e. The predicted molar refractivity (Wildman–Crippen MR) is 107 cm³/mol. The minimum atomic E-state index is -4.99. The van der Waals surface area contributed by atoms with Crippen molar-refractivity contribution in [3.63, 3.8) is 0 Å². The molecular weight excluding hydrogens is 397 g/mol. The molecule has 2 aromatic rings. The van der Waals surface area contributed by atoms with Gasteiger partial charge in [0.05, 0.1) is 6.67 Å². The third kappa shape index (κ3) is 3.85. The van der Waals surface area contributed by atoms with Crippen molar-refractivity contribution in [1.82, 2.24) is 15.1 Å². The monoisotopic (exact) mass is 420 g/mol. The Morgan fingerprint density at radius 3 is 2.10 bits per heavy atom. The largest absolute Gasteiger partial charge is 0.425 e. The molecule has 9 heteroatoms. The van der Waals surface area contributed by atoms with Crippen LogP contribution in [0.3, 0.4) is 0 Å². The zero-order valence-corrected chi connectivity index (χ0v) is 16.9. The molecule has 1 N–H and O–H groups in total. The summed E-state index contributed by atoms with van der Waals surface area (Å²) in [7, 11) is 5.47. The number of alkyl halides is 3. The Morgan fingerprint density at radius 2 is 1.57 bits per heavy atom. The first-order chi connectivity index (χ1) is 14.1. The number of imide groups is 1. The minimum Gasteiger partial charge on any atom is -0.378 e. The van der Waals surface area contributed by atoms with Crippen LogP contribution in [0.4, 0.5) is 23.7 Å². The minimum absolute atomic E-state index is 0.273. The molecule has 30 heavy (non-hydrogen) atoms. The highest BCUT2D eigenvalue weighted by molar-refractivity contribution is 6.08. The Kier molecular flexibility index (Phi) is 5.76. The Balaban J connectivity index is 1.80. The first-order valence-electron chi connectivity index (χ1n) is 9.27. The van der Waals surface area contributed by atoms with Gasteiger partial charge in [-0.15, -0.1) is 0 Å². The number of hydrogen-bond donors (Lipinski definition) is 1. The van der Waals surface area contributed by atoms with Crippen molar-refractivity contribution in [1.29, 1.82) is 0 Å². The second kappa shape index (κ2) is 7.98. The summed E-state index contributed by atoms with van der Waals surface area (Å²) in [6, 6.07) is 13.3. The molecule has 0 aromatic heterocycles. The van der Waals surface area contributed by atoms with E-state index in [1.165, 1.54) is 24.3 Å². The maximum absolute atomic E-state index is 14.0. The summed E-state index contributed by atoms with van der Waals surface area (Å²) >= 11 is 0. The molecule has 1 heterocycles. The fourth-order valence-corrected chi connectivity index (χ4v) is 3.45. The van der Waals surface area contributed by atoms with Crippen molar-refractivity contribution in [3.8, 4) is 0 Å². The molecule has 1 saturated heterocycles. The summed E-state index contributed by atoms with van der Waals surface area (Å²) < 4.78 is 42.0. The second-order valence-electron chi connectivity index (χ2n) is 7.49. The van der Waals surface area contributed by atoms with Gasteiger partial charge in [0.2, 0.25) is 5.54 Å². The smallest absolute Gasteiger partial charge is 0.378 e. The van der Waals surface area contributed by atoms with Crippen LogP contribution in [0.1, 0.15) is 11.1 Å². The molecule has 2 aromatic carbocycles. The van der Waals surface area contributed by atoms with E-state index < -0.39 is 23.7 Å². The molecule has 1 aliphatic heterocycles. The molecule has 1 unspecified atom stereocenters. The van der Waals surface area contributed by atoms with Gasteiger partial charge < -0.3 is 10.2 Å². The number of nitrogens with zero attached hydrogens (tertiary/aromatic N) is 3. The highest BCUT2D eigenvalue weighted by Crippen LogP contribution is 2.43. The number of carbonyl (C=O) groups excluding carboxylic acids is 2.